The number of rotatable bonds is 22. The first-order chi connectivity index (χ1) is 25.9. The fourth-order valence-corrected chi connectivity index (χ4v) is 7.98. The average molecular weight is 773 g/mol. The Labute approximate surface area is 329 Å². The number of ether oxygens (including phenoxy) is 2. The van der Waals surface area contributed by atoms with Gasteiger partial charge in [0.05, 0.1) is 48.7 Å². The lowest BCUT2D eigenvalue weighted by Gasteiger charge is -2.41. The Kier molecular flexibility index (Phi) is 19.4. The summed E-state index contributed by atoms with van der Waals surface area (Å²) in [5, 5.41) is 9.93. The Morgan fingerprint density at radius 3 is 2.13 bits per heavy atom. The van der Waals surface area contributed by atoms with Crippen molar-refractivity contribution in [3.63, 3.8) is 0 Å². The lowest BCUT2D eigenvalue weighted by atomic mass is 9.89. The molecule has 1 aromatic carbocycles. The minimum absolute atomic E-state index is 0.0210. The van der Waals surface area contributed by atoms with E-state index in [1.165, 1.54) is 0 Å². The van der Waals surface area contributed by atoms with Gasteiger partial charge in [-0.25, -0.2) is 0 Å². The topological polar surface area (TPSA) is 197 Å². The number of anilines is 1. The summed E-state index contributed by atoms with van der Waals surface area (Å²) in [6, 6.07) is 4.97. The molecular weight excluding hydrogens is 702 g/mol. The normalized spacial score (nSPS) is 18.8. The van der Waals surface area contributed by atoms with Crippen LogP contribution in [0, 0.1) is 29.2 Å². The Morgan fingerprint density at radius 2 is 1.62 bits per heavy atom. The number of benzene rings is 1. The highest BCUT2D eigenvalue weighted by molar-refractivity contribution is 5.90. The van der Waals surface area contributed by atoms with Crippen molar-refractivity contribution in [2.75, 3.05) is 54.2 Å². The zero-order chi connectivity index (χ0) is 41.6. The maximum absolute atomic E-state index is 14.2. The van der Waals surface area contributed by atoms with Crippen molar-refractivity contribution < 1.29 is 28.7 Å². The summed E-state index contributed by atoms with van der Waals surface area (Å²) in [4.78, 5) is 64.1. The fraction of sp³-hybridized carbons (Fsp3) is 0.750. The van der Waals surface area contributed by atoms with Crippen LogP contribution in [0.3, 0.4) is 0 Å². The van der Waals surface area contributed by atoms with Gasteiger partial charge in [0.2, 0.25) is 28.5 Å². The number of methoxy groups -OCH3 is 2. The molecule has 4 amide bonds. The number of likely N-dealkylation sites (tertiary alicyclic amines) is 1. The van der Waals surface area contributed by atoms with Crippen LogP contribution in [0.5, 0.6) is 0 Å². The summed E-state index contributed by atoms with van der Waals surface area (Å²) in [6.45, 7) is 14.3. The third-order valence-electron chi connectivity index (χ3n) is 11.1. The zero-order valence-electron chi connectivity index (χ0n) is 35.4. The van der Waals surface area contributed by atoms with E-state index in [4.69, 9.17) is 20.7 Å². The summed E-state index contributed by atoms with van der Waals surface area (Å²) in [6.07, 6.45) is 1.41. The highest BCUT2D eigenvalue weighted by Gasteiger charge is 2.43. The van der Waals surface area contributed by atoms with Crippen molar-refractivity contribution in [2.45, 2.75) is 123 Å². The Bertz CT molecular complexity index is 1430. The second-order valence-electron chi connectivity index (χ2n) is 16.0. The number of carbonyl (C=O) groups is 4. The van der Waals surface area contributed by atoms with E-state index < -0.39 is 42.3 Å². The molecule has 55 heavy (non-hydrogen) atoms. The second kappa shape index (κ2) is 22.6. The van der Waals surface area contributed by atoms with E-state index >= 15 is 0 Å². The first kappa shape index (κ1) is 47.2. The van der Waals surface area contributed by atoms with Crippen molar-refractivity contribution >= 4 is 29.3 Å². The molecule has 0 unspecified atom stereocenters. The van der Waals surface area contributed by atoms with Gasteiger partial charge in [0.15, 0.2) is 0 Å². The van der Waals surface area contributed by atoms with Gasteiger partial charge >= 0.3 is 0 Å². The van der Waals surface area contributed by atoms with Gasteiger partial charge in [-0.15, -0.1) is 0 Å². The van der Waals surface area contributed by atoms with E-state index in [-0.39, 0.29) is 60.4 Å². The van der Waals surface area contributed by atoms with Gasteiger partial charge in [0, 0.05) is 33.5 Å². The maximum Gasteiger partial charge on any atom is 0.245 e. The van der Waals surface area contributed by atoms with E-state index in [2.05, 4.69) is 20.7 Å². The molecule has 1 aromatic rings. The van der Waals surface area contributed by atoms with Gasteiger partial charge < -0.3 is 35.6 Å². The van der Waals surface area contributed by atoms with Gasteiger partial charge in [-0.05, 0) is 68.8 Å². The van der Waals surface area contributed by atoms with Gasteiger partial charge in [-0.2, -0.15) is 0 Å². The number of nitrogens with one attached hydrogen (secondary N) is 3. The summed E-state index contributed by atoms with van der Waals surface area (Å²) < 4.78 is 12.0. The van der Waals surface area contributed by atoms with Gasteiger partial charge in [0.25, 0.3) is 0 Å². The SMILES string of the molecule is CC[C@H](C)[C@@H]([C@@H](CC(=O)N1CCC[C@H]1[C@H](OC)[C@@H](C)C(=O)N[C@H](CN=[N+]=N)Cc1ccc(N)cc1)OC)N(C)C(=O)[C@@H](NC(=O)[C@H](C(C)C)N(C)C)C(C)C. The van der Waals surface area contributed by atoms with Crippen LogP contribution in [0.2, 0.25) is 0 Å². The summed E-state index contributed by atoms with van der Waals surface area (Å²) in [7, 11) is 8.55. The van der Waals surface area contributed by atoms with Crippen molar-refractivity contribution in [3.05, 3.63) is 29.8 Å². The zero-order valence-corrected chi connectivity index (χ0v) is 35.4. The van der Waals surface area contributed by atoms with Crippen LogP contribution in [-0.4, -0.2) is 129 Å². The number of nitrogens with zero attached hydrogens (tertiary/aromatic N) is 5. The molecule has 0 aromatic heterocycles. The number of nitrogens with two attached hydrogens (primary N) is 1. The predicted octanol–water partition coefficient (Wildman–Crippen LogP) is 3.49. The minimum Gasteiger partial charge on any atom is -0.399 e. The molecule has 0 saturated carbocycles. The third-order valence-corrected chi connectivity index (χ3v) is 11.1. The molecule has 0 spiro atoms. The molecule has 1 fully saturated rings. The van der Waals surface area contributed by atoms with Crippen LogP contribution in [0.1, 0.15) is 79.7 Å². The number of carbonyl (C=O) groups excluding carboxylic acids is 4. The Morgan fingerprint density at radius 1 is 0.982 bits per heavy atom. The van der Waals surface area contributed by atoms with Crippen molar-refractivity contribution in [3.8, 4) is 0 Å². The Hall–Kier alpha value is -3.91. The Balaban J connectivity index is 2.28. The molecule has 1 heterocycles. The quantitative estimate of drug-likeness (QED) is 0.0781. The molecule has 15 nitrogen and oxygen atoms in total. The van der Waals surface area contributed by atoms with E-state index in [0.717, 1.165) is 18.4 Å². The molecular formula is C40H70N9O6+. The van der Waals surface area contributed by atoms with Crippen molar-refractivity contribution in [2.24, 2.45) is 28.8 Å². The summed E-state index contributed by atoms with van der Waals surface area (Å²) in [5.41, 5.74) is 14.6. The van der Waals surface area contributed by atoms with Crippen LogP contribution in [0.15, 0.2) is 29.4 Å². The van der Waals surface area contributed by atoms with Crippen LogP contribution >= 0.6 is 0 Å². The molecule has 310 valence electrons. The van der Waals surface area contributed by atoms with Crippen LogP contribution < -0.4 is 21.3 Å². The molecule has 2 rings (SSSR count). The van der Waals surface area contributed by atoms with Gasteiger partial charge in [0.1, 0.15) is 23.2 Å². The predicted molar refractivity (Wildman–Crippen MR) is 214 cm³/mol. The number of nitrogen functional groups attached to an aromatic ring is 1. The summed E-state index contributed by atoms with van der Waals surface area (Å²) >= 11 is 0. The average Bonchev–Trinajstić information content (AvgIpc) is 3.62. The smallest absolute Gasteiger partial charge is 0.245 e. The number of hydrogen-bond acceptors (Lipinski definition) is 10. The van der Waals surface area contributed by atoms with Crippen LogP contribution in [0.25, 0.3) is 0 Å². The highest BCUT2D eigenvalue weighted by atomic mass is 16.5. The van der Waals surface area contributed by atoms with Crippen LogP contribution in [0.4, 0.5) is 5.69 Å². The maximum atomic E-state index is 14.2. The molecule has 0 radical (unpaired) electrons. The monoisotopic (exact) mass is 773 g/mol. The van der Waals surface area contributed by atoms with E-state index in [1.54, 1.807) is 50.1 Å². The second-order valence-corrected chi connectivity index (χ2v) is 16.0. The van der Waals surface area contributed by atoms with Crippen LogP contribution in [-0.2, 0) is 35.1 Å². The number of hydrogen-bond donors (Lipinski definition) is 4. The van der Waals surface area contributed by atoms with Gasteiger partial charge in [-0.1, -0.05) is 67.0 Å². The molecule has 0 aliphatic carbocycles. The van der Waals surface area contributed by atoms with Gasteiger partial charge in [-0.3, -0.25) is 24.1 Å². The fourth-order valence-electron chi connectivity index (χ4n) is 7.98. The third kappa shape index (κ3) is 13.1. The molecule has 9 atom stereocenters. The molecule has 1 aliphatic heterocycles. The van der Waals surface area contributed by atoms with E-state index in [9.17, 15) is 19.2 Å². The lowest BCUT2D eigenvalue weighted by Crippen LogP contribution is -2.59. The number of likely N-dealkylation sites (N-methyl/N-ethyl adjacent to an activating group) is 2. The summed E-state index contributed by atoms with van der Waals surface area (Å²) in [5.74, 6) is -1.62. The number of amides is 4. The van der Waals surface area contributed by atoms with E-state index in [1.807, 2.05) is 72.7 Å². The highest BCUT2D eigenvalue weighted by Crippen LogP contribution is 2.30. The molecule has 0 bridgehead atoms. The first-order valence-electron chi connectivity index (χ1n) is 19.7. The lowest BCUT2D eigenvalue weighted by molar-refractivity contribution is -0.148. The standard InChI is InChI=1S/C40H69N9O6/c1-13-26(6)36(48(10)40(53)34(24(2)3)45-39(52)35(25(4)5)47(8)9)32(54-11)22-33(50)49-20-14-15-31(49)37(55-12)27(7)38(51)44-30(23-43-46-42)21-28-16-18-29(41)19-17-28/h16-19,24-27,30-32,34-37,42H,13-15,20-23,41H2,1-12H3,(H-,44,45,51,52)/p+1/t26-,27+,30-,31-,32+,34-,35-,36-,37+/m0/s1. The molecule has 15 heteroatoms. The van der Waals surface area contributed by atoms with Crippen molar-refractivity contribution in [1.29, 1.82) is 5.53 Å². The van der Waals surface area contributed by atoms with Crippen molar-refractivity contribution in [1.82, 2.24) is 30.2 Å². The van der Waals surface area contributed by atoms with E-state index in [0.29, 0.717) is 25.1 Å². The molecule has 1 saturated heterocycles. The largest absolute Gasteiger partial charge is 0.399 e. The molecule has 1 aliphatic rings. The first-order valence-corrected chi connectivity index (χ1v) is 19.7. The minimum atomic E-state index is -0.766. The molecule has 5 N–H and O–H groups in total.